The molecule has 0 amide bonds. The number of hydrogen-bond donors (Lipinski definition) is 1. The number of carboxylic acids is 1. The highest BCUT2D eigenvalue weighted by molar-refractivity contribution is 7.09. The van der Waals surface area contributed by atoms with Crippen LogP contribution in [-0.4, -0.2) is 83.1 Å². The van der Waals surface area contributed by atoms with Crippen LogP contribution in [0.25, 0.3) is 0 Å². The SMILES string of the molecule is CN1CC(C(=O)O)CN2CCN(Cc3nccs3)CC2C1. The molecular formula is C14H22N4O2S. The van der Waals surface area contributed by atoms with Gasteiger partial charge in [-0.3, -0.25) is 14.6 Å². The number of carboxylic acid groups (broad SMARTS) is 1. The molecule has 0 aliphatic carbocycles. The van der Waals surface area contributed by atoms with Gasteiger partial charge in [-0.2, -0.15) is 0 Å². The Balaban J connectivity index is 1.63. The molecule has 1 aromatic heterocycles. The van der Waals surface area contributed by atoms with Crippen LogP contribution < -0.4 is 0 Å². The van der Waals surface area contributed by atoms with Crippen LogP contribution >= 0.6 is 11.3 Å². The van der Waals surface area contributed by atoms with Crippen molar-refractivity contribution < 1.29 is 9.90 Å². The number of carbonyl (C=O) groups is 1. The monoisotopic (exact) mass is 310 g/mol. The molecule has 1 aromatic rings. The molecule has 1 N–H and O–H groups in total. The number of aliphatic carboxylic acids is 1. The molecule has 2 aliphatic rings. The van der Waals surface area contributed by atoms with Crippen LogP contribution in [-0.2, 0) is 11.3 Å². The van der Waals surface area contributed by atoms with Gasteiger partial charge in [-0.05, 0) is 7.05 Å². The van der Waals surface area contributed by atoms with E-state index in [0.29, 0.717) is 19.1 Å². The van der Waals surface area contributed by atoms with Crippen molar-refractivity contribution in [2.75, 3.05) is 46.3 Å². The van der Waals surface area contributed by atoms with E-state index in [-0.39, 0.29) is 5.92 Å². The molecule has 6 nitrogen and oxygen atoms in total. The minimum atomic E-state index is -0.673. The third-order valence-electron chi connectivity index (χ3n) is 4.39. The fourth-order valence-electron chi connectivity index (χ4n) is 3.34. The minimum absolute atomic E-state index is 0.273. The number of piperazine rings is 1. The zero-order chi connectivity index (χ0) is 14.8. The molecule has 2 saturated heterocycles. The Labute approximate surface area is 129 Å². The van der Waals surface area contributed by atoms with E-state index in [9.17, 15) is 9.90 Å². The summed E-state index contributed by atoms with van der Waals surface area (Å²) in [6.45, 7) is 6.12. The van der Waals surface area contributed by atoms with Gasteiger partial charge in [0.2, 0.25) is 0 Å². The van der Waals surface area contributed by atoms with Crippen molar-refractivity contribution in [2.24, 2.45) is 5.92 Å². The van der Waals surface area contributed by atoms with Crippen molar-refractivity contribution in [3.63, 3.8) is 0 Å². The molecule has 0 aromatic carbocycles. The Morgan fingerprint density at radius 2 is 2.24 bits per heavy atom. The molecule has 0 saturated carbocycles. The summed E-state index contributed by atoms with van der Waals surface area (Å²) in [5.41, 5.74) is 0. The maximum atomic E-state index is 11.3. The van der Waals surface area contributed by atoms with Gasteiger partial charge in [-0.15, -0.1) is 11.3 Å². The molecule has 0 bridgehead atoms. The lowest BCUT2D eigenvalue weighted by molar-refractivity contribution is -0.142. The van der Waals surface area contributed by atoms with Crippen molar-refractivity contribution in [1.82, 2.24) is 19.7 Å². The van der Waals surface area contributed by atoms with Crippen molar-refractivity contribution in [3.05, 3.63) is 16.6 Å². The topological polar surface area (TPSA) is 59.9 Å². The fourth-order valence-corrected chi connectivity index (χ4v) is 4.00. The predicted molar refractivity (Wildman–Crippen MR) is 81.4 cm³/mol. The van der Waals surface area contributed by atoms with Gasteiger partial charge in [-0.1, -0.05) is 0 Å². The number of likely N-dealkylation sites (N-methyl/N-ethyl adjacent to an activating group) is 1. The number of thiazole rings is 1. The first-order valence-corrected chi connectivity index (χ1v) is 8.26. The van der Waals surface area contributed by atoms with Crippen LogP contribution in [0.4, 0.5) is 0 Å². The number of rotatable bonds is 3. The molecule has 3 heterocycles. The van der Waals surface area contributed by atoms with Crippen LogP contribution in [0.15, 0.2) is 11.6 Å². The van der Waals surface area contributed by atoms with E-state index in [0.717, 1.165) is 37.7 Å². The predicted octanol–water partition coefficient (Wildman–Crippen LogP) is 0.276. The van der Waals surface area contributed by atoms with Gasteiger partial charge in [-0.25, -0.2) is 4.98 Å². The lowest BCUT2D eigenvalue weighted by Gasteiger charge is -2.41. The minimum Gasteiger partial charge on any atom is -0.481 e. The molecule has 2 atom stereocenters. The number of aromatic nitrogens is 1. The molecule has 2 aliphatic heterocycles. The molecule has 2 unspecified atom stereocenters. The smallest absolute Gasteiger partial charge is 0.309 e. The summed E-state index contributed by atoms with van der Waals surface area (Å²) < 4.78 is 0. The van der Waals surface area contributed by atoms with E-state index in [1.807, 2.05) is 18.6 Å². The maximum absolute atomic E-state index is 11.3. The van der Waals surface area contributed by atoms with Crippen LogP contribution in [0, 0.1) is 5.92 Å². The Kier molecular flexibility index (Phi) is 4.54. The van der Waals surface area contributed by atoms with Crippen LogP contribution in [0.3, 0.4) is 0 Å². The summed E-state index contributed by atoms with van der Waals surface area (Å²) in [6, 6.07) is 0.424. The van der Waals surface area contributed by atoms with E-state index in [1.165, 1.54) is 0 Å². The highest BCUT2D eigenvalue weighted by Crippen LogP contribution is 2.20. The first-order valence-electron chi connectivity index (χ1n) is 7.38. The van der Waals surface area contributed by atoms with Gasteiger partial charge in [0, 0.05) is 56.9 Å². The molecule has 0 radical (unpaired) electrons. The molecule has 2 fully saturated rings. The van der Waals surface area contributed by atoms with E-state index < -0.39 is 5.97 Å². The number of nitrogens with zero attached hydrogens (tertiary/aromatic N) is 4. The van der Waals surface area contributed by atoms with E-state index in [1.54, 1.807) is 11.3 Å². The van der Waals surface area contributed by atoms with Gasteiger partial charge in [0.25, 0.3) is 0 Å². The summed E-state index contributed by atoms with van der Waals surface area (Å²) >= 11 is 1.70. The van der Waals surface area contributed by atoms with Crippen LogP contribution in [0.2, 0.25) is 0 Å². The van der Waals surface area contributed by atoms with Gasteiger partial charge >= 0.3 is 5.97 Å². The summed E-state index contributed by atoms with van der Waals surface area (Å²) in [5, 5.41) is 12.5. The van der Waals surface area contributed by atoms with Crippen LogP contribution in [0.1, 0.15) is 5.01 Å². The number of hydrogen-bond acceptors (Lipinski definition) is 6. The summed E-state index contributed by atoms with van der Waals surface area (Å²) in [6.07, 6.45) is 1.85. The highest BCUT2D eigenvalue weighted by Gasteiger charge is 2.35. The third kappa shape index (κ3) is 3.60. The Hall–Kier alpha value is -1.02. The van der Waals surface area contributed by atoms with Crippen molar-refractivity contribution >= 4 is 17.3 Å². The quantitative estimate of drug-likeness (QED) is 0.865. The third-order valence-corrected chi connectivity index (χ3v) is 5.15. The highest BCUT2D eigenvalue weighted by atomic mass is 32.1. The fraction of sp³-hybridized carbons (Fsp3) is 0.714. The average Bonchev–Trinajstić information content (AvgIpc) is 2.86. The van der Waals surface area contributed by atoms with Crippen molar-refractivity contribution in [3.8, 4) is 0 Å². The molecule has 21 heavy (non-hydrogen) atoms. The Morgan fingerprint density at radius 1 is 1.38 bits per heavy atom. The second kappa shape index (κ2) is 6.39. The molecule has 0 spiro atoms. The second-order valence-corrected chi connectivity index (χ2v) is 7.05. The van der Waals surface area contributed by atoms with E-state index in [4.69, 9.17) is 0 Å². The van der Waals surface area contributed by atoms with Crippen molar-refractivity contribution in [1.29, 1.82) is 0 Å². The van der Waals surface area contributed by atoms with E-state index >= 15 is 0 Å². The first-order chi connectivity index (χ1) is 10.1. The zero-order valence-electron chi connectivity index (χ0n) is 12.3. The maximum Gasteiger partial charge on any atom is 0.309 e. The summed E-state index contributed by atoms with van der Waals surface area (Å²) in [7, 11) is 2.03. The lowest BCUT2D eigenvalue weighted by Crippen LogP contribution is -2.55. The molecule has 7 heteroatoms. The van der Waals surface area contributed by atoms with Crippen molar-refractivity contribution in [2.45, 2.75) is 12.6 Å². The lowest BCUT2D eigenvalue weighted by atomic mass is 10.1. The molecular weight excluding hydrogens is 288 g/mol. The zero-order valence-corrected chi connectivity index (χ0v) is 13.1. The standard InChI is InChI=1S/C14H22N4O2S/c1-16-6-11(14(19)20)7-18-4-3-17(9-12(18)8-16)10-13-15-2-5-21-13/h2,5,11-12H,3-4,6-10H2,1H3,(H,19,20). The van der Waals surface area contributed by atoms with Gasteiger partial charge < -0.3 is 10.0 Å². The molecule has 116 valence electrons. The number of fused-ring (bicyclic) bond motifs is 1. The van der Waals surface area contributed by atoms with Crippen LogP contribution in [0.5, 0.6) is 0 Å². The first kappa shape index (κ1) is 14.9. The average molecular weight is 310 g/mol. The Morgan fingerprint density at radius 3 is 2.95 bits per heavy atom. The normalized spacial score (nSPS) is 29.0. The Bertz CT molecular complexity index is 481. The van der Waals surface area contributed by atoms with Gasteiger partial charge in [0.1, 0.15) is 5.01 Å². The largest absolute Gasteiger partial charge is 0.481 e. The second-order valence-electron chi connectivity index (χ2n) is 6.07. The summed E-state index contributed by atoms with van der Waals surface area (Å²) in [5.74, 6) is -0.946. The van der Waals surface area contributed by atoms with E-state index in [2.05, 4.69) is 19.7 Å². The molecule has 3 rings (SSSR count). The van der Waals surface area contributed by atoms with Gasteiger partial charge in [0.05, 0.1) is 12.5 Å². The van der Waals surface area contributed by atoms with Gasteiger partial charge in [0.15, 0.2) is 0 Å². The summed E-state index contributed by atoms with van der Waals surface area (Å²) in [4.78, 5) is 22.7.